The molecular formula is C17H23NO3S. The lowest BCUT2D eigenvalue weighted by molar-refractivity contribution is -0.133. The van der Waals surface area contributed by atoms with Gasteiger partial charge in [0, 0.05) is 18.5 Å². The summed E-state index contributed by atoms with van der Waals surface area (Å²) in [7, 11) is -2.95. The Kier molecular flexibility index (Phi) is 4.26. The van der Waals surface area contributed by atoms with E-state index in [1.54, 1.807) is 0 Å². The van der Waals surface area contributed by atoms with Crippen LogP contribution in [0.4, 0.5) is 0 Å². The van der Waals surface area contributed by atoms with Crippen LogP contribution in [-0.4, -0.2) is 42.8 Å². The molecule has 1 amide bonds. The predicted octanol–water partition coefficient (Wildman–Crippen LogP) is 2.11. The Hall–Kier alpha value is -1.36. The molecule has 1 atom stereocenters. The van der Waals surface area contributed by atoms with Gasteiger partial charge in [0.1, 0.15) is 0 Å². The van der Waals surface area contributed by atoms with Crippen LogP contribution in [0.1, 0.15) is 36.8 Å². The molecule has 2 aliphatic rings. The summed E-state index contributed by atoms with van der Waals surface area (Å²) in [4.78, 5) is 14.5. The number of amides is 1. The zero-order valence-electron chi connectivity index (χ0n) is 13.0. The van der Waals surface area contributed by atoms with Gasteiger partial charge in [-0.25, -0.2) is 8.42 Å². The molecule has 1 aromatic carbocycles. The fourth-order valence-electron chi connectivity index (χ4n) is 3.30. The van der Waals surface area contributed by atoms with E-state index < -0.39 is 9.84 Å². The van der Waals surface area contributed by atoms with Gasteiger partial charge in [-0.1, -0.05) is 29.8 Å². The van der Waals surface area contributed by atoms with Gasteiger partial charge in [0.2, 0.25) is 5.91 Å². The van der Waals surface area contributed by atoms with Crippen LogP contribution in [0.3, 0.4) is 0 Å². The number of nitrogens with zero attached hydrogens (tertiary/aromatic N) is 1. The number of benzene rings is 1. The molecule has 1 heterocycles. The molecule has 0 aromatic heterocycles. The first-order chi connectivity index (χ1) is 10.4. The Balaban J connectivity index is 1.63. The van der Waals surface area contributed by atoms with Gasteiger partial charge in [-0.3, -0.25) is 4.79 Å². The minimum absolute atomic E-state index is 0.0949. The average molecular weight is 321 g/mol. The molecule has 1 aliphatic heterocycles. The van der Waals surface area contributed by atoms with Gasteiger partial charge in [0.25, 0.3) is 0 Å². The fourth-order valence-corrected chi connectivity index (χ4v) is 5.01. The van der Waals surface area contributed by atoms with Crippen LogP contribution in [0, 0.1) is 6.92 Å². The fraction of sp³-hybridized carbons (Fsp3) is 0.588. The zero-order valence-corrected chi connectivity index (χ0v) is 13.8. The second kappa shape index (κ2) is 6.03. The van der Waals surface area contributed by atoms with Crippen molar-refractivity contribution >= 4 is 15.7 Å². The van der Waals surface area contributed by atoms with E-state index in [1.165, 1.54) is 11.1 Å². The van der Waals surface area contributed by atoms with Gasteiger partial charge >= 0.3 is 0 Å². The summed E-state index contributed by atoms with van der Waals surface area (Å²) in [6.45, 7) is 2.05. The Morgan fingerprint density at radius 3 is 2.59 bits per heavy atom. The molecule has 4 nitrogen and oxygen atoms in total. The van der Waals surface area contributed by atoms with Crippen molar-refractivity contribution in [1.82, 2.24) is 4.90 Å². The third-order valence-electron chi connectivity index (χ3n) is 4.54. The lowest BCUT2D eigenvalue weighted by Gasteiger charge is -2.28. The summed E-state index contributed by atoms with van der Waals surface area (Å²) in [5, 5.41) is 0. The minimum Gasteiger partial charge on any atom is -0.336 e. The van der Waals surface area contributed by atoms with Crippen molar-refractivity contribution in [3.05, 3.63) is 35.4 Å². The molecule has 22 heavy (non-hydrogen) atoms. The number of carbonyl (C=O) groups excluding carboxylic acids is 1. The Morgan fingerprint density at radius 1 is 1.23 bits per heavy atom. The maximum atomic E-state index is 12.6. The van der Waals surface area contributed by atoms with Gasteiger partial charge in [-0.15, -0.1) is 0 Å². The molecule has 3 rings (SSSR count). The second-order valence-electron chi connectivity index (χ2n) is 6.58. The third kappa shape index (κ3) is 3.69. The highest BCUT2D eigenvalue weighted by Crippen LogP contribution is 2.32. The van der Waals surface area contributed by atoms with Gasteiger partial charge < -0.3 is 4.90 Å². The summed E-state index contributed by atoms with van der Waals surface area (Å²) in [6.07, 6.45) is 3.84. The van der Waals surface area contributed by atoms with Crippen molar-refractivity contribution in [3.63, 3.8) is 0 Å². The number of hydrogen-bond acceptors (Lipinski definition) is 3. The van der Waals surface area contributed by atoms with Crippen LogP contribution in [0.25, 0.3) is 0 Å². The molecule has 0 radical (unpaired) electrons. The molecule has 0 N–H and O–H groups in total. The van der Waals surface area contributed by atoms with Gasteiger partial charge in [0.05, 0.1) is 11.5 Å². The molecule has 1 unspecified atom stereocenters. The molecule has 1 saturated heterocycles. The van der Waals surface area contributed by atoms with Crippen molar-refractivity contribution in [3.8, 4) is 0 Å². The van der Waals surface area contributed by atoms with Crippen molar-refractivity contribution < 1.29 is 13.2 Å². The van der Waals surface area contributed by atoms with Crippen LogP contribution in [-0.2, 0) is 21.1 Å². The van der Waals surface area contributed by atoms with E-state index in [0.717, 1.165) is 19.3 Å². The van der Waals surface area contributed by atoms with E-state index in [1.807, 2.05) is 30.0 Å². The lowest BCUT2D eigenvalue weighted by atomic mass is 10.1. The van der Waals surface area contributed by atoms with Crippen molar-refractivity contribution in [2.24, 2.45) is 0 Å². The van der Waals surface area contributed by atoms with Crippen molar-refractivity contribution in [1.29, 1.82) is 0 Å². The summed E-state index contributed by atoms with van der Waals surface area (Å²) in [5.41, 5.74) is 2.37. The van der Waals surface area contributed by atoms with Gasteiger partial charge in [-0.05, 0) is 38.2 Å². The van der Waals surface area contributed by atoms with Crippen LogP contribution >= 0.6 is 0 Å². The Labute approximate surface area is 132 Å². The van der Waals surface area contributed by atoms with Gasteiger partial charge in [0.15, 0.2) is 9.84 Å². The molecule has 120 valence electrons. The van der Waals surface area contributed by atoms with Crippen molar-refractivity contribution in [2.45, 2.75) is 51.1 Å². The summed E-state index contributed by atoms with van der Waals surface area (Å²) < 4.78 is 23.4. The largest absolute Gasteiger partial charge is 0.336 e. The minimum atomic E-state index is -2.95. The summed E-state index contributed by atoms with van der Waals surface area (Å²) >= 11 is 0. The predicted molar refractivity (Wildman–Crippen MR) is 86.4 cm³/mol. The van der Waals surface area contributed by atoms with Crippen LogP contribution in [0.15, 0.2) is 24.3 Å². The quantitative estimate of drug-likeness (QED) is 0.834. The molecule has 1 saturated carbocycles. The SMILES string of the molecule is Cc1cccc(CCC(=O)N(C2CC2)C2CCS(=O)(=O)C2)c1. The monoisotopic (exact) mass is 321 g/mol. The average Bonchev–Trinajstić information content (AvgIpc) is 3.21. The van der Waals surface area contributed by atoms with Crippen LogP contribution < -0.4 is 0 Å². The van der Waals surface area contributed by atoms with E-state index in [0.29, 0.717) is 12.8 Å². The maximum Gasteiger partial charge on any atom is 0.223 e. The number of hydrogen-bond donors (Lipinski definition) is 0. The standard InChI is InChI=1S/C17H23NO3S/c1-13-3-2-4-14(11-13)5-8-17(19)18(15-6-7-15)16-9-10-22(20,21)12-16/h2-4,11,15-16H,5-10,12H2,1H3. The molecule has 5 heteroatoms. The van der Waals surface area contributed by atoms with E-state index in [2.05, 4.69) is 6.07 Å². The van der Waals surface area contributed by atoms with Crippen molar-refractivity contribution in [2.75, 3.05) is 11.5 Å². The highest BCUT2D eigenvalue weighted by Gasteiger charge is 2.41. The number of carbonyl (C=O) groups is 1. The third-order valence-corrected chi connectivity index (χ3v) is 6.29. The van der Waals surface area contributed by atoms with Crippen LogP contribution in [0.5, 0.6) is 0 Å². The summed E-state index contributed by atoms with van der Waals surface area (Å²) in [5.74, 6) is 0.497. The Morgan fingerprint density at radius 2 is 2.00 bits per heavy atom. The number of sulfone groups is 1. The normalized spacial score (nSPS) is 23.4. The summed E-state index contributed by atoms with van der Waals surface area (Å²) in [6, 6.07) is 8.39. The van der Waals surface area contributed by atoms with Crippen LogP contribution in [0.2, 0.25) is 0 Å². The Bertz CT molecular complexity index is 664. The smallest absolute Gasteiger partial charge is 0.223 e. The molecular weight excluding hydrogens is 298 g/mol. The lowest BCUT2D eigenvalue weighted by Crippen LogP contribution is -2.42. The molecule has 1 aromatic rings. The molecule has 1 aliphatic carbocycles. The van der Waals surface area contributed by atoms with Gasteiger partial charge in [-0.2, -0.15) is 0 Å². The highest BCUT2D eigenvalue weighted by molar-refractivity contribution is 7.91. The molecule has 0 spiro atoms. The highest BCUT2D eigenvalue weighted by atomic mass is 32.2. The van der Waals surface area contributed by atoms with E-state index in [4.69, 9.17) is 0 Å². The topological polar surface area (TPSA) is 54.5 Å². The zero-order chi connectivity index (χ0) is 15.7. The van der Waals surface area contributed by atoms with E-state index in [-0.39, 0.29) is 29.5 Å². The first-order valence-electron chi connectivity index (χ1n) is 8.02. The first kappa shape index (κ1) is 15.5. The van der Waals surface area contributed by atoms with E-state index >= 15 is 0 Å². The molecule has 0 bridgehead atoms. The molecule has 2 fully saturated rings. The number of rotatable bonds is 5. The first-order valence-corrected chi connectivity index (χ1v) is 9.84. The van der Waals surface area contributed by atoms with E-state index in [9.17, 15) is 13.2 Å². The maximum absolute atomic E-state index is 12.6. The second-order valence-corrected chi connectivity index (χ2v) is 8.81. The number of aryl methyl sites for hydroxylation is 2.